The lowest BCUT2D eigenvalue weighted by Crippen LogP contribution is -2.55. The summed E-state index contributed by atoms with van der Waals surface area (Å²) >= 11 is 0. The molecule has 0 spiro atoms. The molecule has 10 nitrogen and oxygen atoms in total. The molecule has 136 valence electrons. The Labute approximate surface area is 143 Å². The summed E-state index contributed by atoms with van der Waals surface area (Å²) in [6.45, 7) is 2.27. The lowest BCUT2D eigenvalue weighted by molar-refractivity contribution is -0.385. The number of carboxylic acids is 1. The van der Waals surface area contributed by atoms with E-state index in [1.807, 2.05) is 4.90 Å². The summed E-state index contributed by atoms with van der Waals surface area (Å²) < 4.78 is 0. The number of carboxylic acid groups (broad SMARTS) is 1. The van der Waals surface area contributed by atoms with Crippen LogP contribution < -0.4 is 5.32 Å². The van der Waals surface area contributed by atoms with E-state index in [4.69, 9.17) is 5.11 Å². The number of aryl methyl sites for hydroxylation is 1. The number of hydrogen-bond acceptors (Lipinski definition) is 6. The molecule has 0 aromatic carbocycles. The van der Waals surface area contributed by atoms with Crippen molar-refractivity contribution in [3.05, 3.63) is 21.5 Å². The molecule has 3 rings (SSSR count). The molecule has 0 bridgehead atoms. The molecule has 0 radical (unpaired) electrons. The van der Waals surface area contributed by atoms with E-state index in [0.717, 1.165) is 19.4 Å². The topological polar surface area (TPSA) is 141 Å². The molecule has 10 heteroatoms. The molecule has 3 N–H and O–H groups in total. The maximum atomic E-state index is 12.2. The van der Waals surface area contributed by atoms with Gasteiger partial charge in [0, 0.05) is 18.6 Å². The fourth-order valence-electron chi connectivity index (χ4n) is 3.21. The maximum Gasteiger partial charge on any atom is 0.322 e. The number of aliphatic carboxylic acids is 1. The van der Waals surface area contributed by atoms with Crippen LogP contribution in [0.25, 0.3) is 0 Å². The molecular formula is C15H21N5O5. The Balaban J connectivity index is 1.54. The number of nitro groups is 1. The summed E-state index contributed by atoms with van der Waals surface area (Å²) in [6.07, 6.45) is 3.57. The molecule has 0 saturated heterocycles. The predicted octanol–water partition coefficient (Wildman–Crippen LogP) is 0.684. The first-order chi connectivity index (χ1) is 11.8. The van der Waals surface area contributed by atoms with Crippen molar-refractivity contribution in [2.45, 2.75) is 44.7 Å². The number of H-pyrrole nitrogens is 1. The van der Waals surface area contributed by atoms with E-state index in [0.29, 0.717) is 18.8 Å². The first-order valence-electron chi connectivity index (χ1n) is 8.31. The minimum Gasteiger partial charge on any atom is -0.480 e. The second-order valence-electron chi connectivity index (χ2n) is 6.87. The quantitative estimate of drug-likeness (QED) is 0.462. The molecule has 0 atom stereocenters. The van der Waals surface area contributed by atoms with Crippen molar-refractivity contribution in [2.75, 3.05) is 13.1 Å². The van der Waals surface area contributed by atoms with Gasteiger partial charge in [-0.1, -0.05) is 0 Å². The van der Waals surface area contributed by atoms with Crippen molar-refractivity contribution in [1.29, 1.82) is 0 Å². The van der Waals surface area contributed by atoms with Gasteiger partial charge in [-0.05, 0) is 38.5 Å². The van der Waals surface area contributed by atoms with Crippen LogP contribution in [-0.4, -0.2) is 62.2 Å². The van der Waals surface area contributed by atoms with Crippen molar-refractivity contribution >= 4 is 17.6 Å². The first-order valence-corrected chi connectivity index (χ1v) is 8.31. The molecule has 2 saturated carbocycles. The van der Waals surface area contributed by atoms with Crippen LogP contribution in [0.2, 0.25) is 0 Å². The molecule has 2 aliphatic rings. The number of carbonyl (C=O) groups excluding carboxylic acids is 1. The molecule has 25 heavy (non-hydrogen) atoms. The Kier molecular flexibility index (Phi) is 4.71. The van der Waals surface area contributed by atoms with Crippen molar-refractivity contribution in [3.8, 4) is 0 Å². The van der Waals surface area contributed by atoms with Crippen LogP contribution in [0, 0.1) is 23.0 Å². The maximum absolute atomic E-state index is 12.2. The second-order valence-corrected chi connectivity index (χ2v) is 6.87. The third kappa shape index (κ3) is 3.95. The highest BCUT2D eigenvalue weighted by atomic mass is 16.6. The minimum atomic E-state index is -0.851. The monoisotopic (exact) mass is 351 g/mol. The Hall–Kier alpha value is -2.49. The summed E-state index contributed by atoms with van der Waals surface area (Å²) in [6, 6.07) is 0.00233. The van der Waals surface area contributed by atoms with Crippen molar-refractivity contribution in [3.63, 3.8) is 0 Å². The third-order valence-corrected chi connectivity index (χ3v) is 4.81. The standard InChI is InChI=1S/C15H21N5O5/c1-8-14(20(24)25)13(18-17-8)15(23)16-10-4-11(5-10)19(7-12(21)22)6-9-2-3-9/h9-11H,2-7H2,1H3,(H,16,23)(H,17,18)(H,21,22). The highest BCUT2D eigenvalue weighted by Crippen LogP contribution is 2.34. The second kappa shape index (κ2) is 6.79. The highest BCUT2D eigenvalue weighted by molar-refractivity contribution is 5.96. The van der Waals surface area contributed by atoms with E-state index in [2.05, 4.69) is 15.5 Å². The molecule has 2 aliphatic carbocycles. The predicted molar refractivity (Wildman–Crippen MR) is 86.2 cm³/mol. The van der Waals surface area contributed by atoms with Gasteiger partial charge >= 0.3 is 11.7 Å². The van der Waals surface area contributed by atoms with Gasteiger partial charge in [-0.2, -0.15) is 5.10 Å². The number of aromatic nitrogens is 2. The Bertz CT molecular complexity index is 692. The third-order valence-electron chi connectivity index (χ3n) is 4.81. The largest absolute Gasteiger partial charge is 0.480 e. The van der Waals surface area contributed by atoms with E-state index < -0.39 is 16.8 Å². The lowest BCUT2D eigenvalue weighted by atomic mass is 9.85. The number of hydrogen-bond donors (Lipinski definition) is 3. The van der Waals surface area contributed by atoms with E-state index in [1.54, 1.807) is 0 Å². The molecule has 1 aromatic rings. The van der Waals surface area contributed by atoms with Gasteiger partial charge < -0.3 is 10.4 Å². The lowest BCUT2D eigenvalue weighted by Gasteiger charge is -2.42. The summed E-state index contributed by atoms with van der Waals surface area (Å²) in [7, 11) is 0. The average Bonchev–Trinajstić information content (AvgIpc) is 3.20. The van der Waals surface area contributed by atoms with E-state index in [1.165, 1.54) is 6.92 Å². The number of rotatable bonds is 8. The normalized spacial score (nSPS) is 22.5. The molecular weight excluding hydrogens is 330 g/mol. The molecule has 2 fully saturated rings. The summed E-state index contributed by atoms with van der Waals surface area (Å²) in [5.74, 6) is -0.843. The van der Waals surface area contributed by atoms with Crippen LogP contribution >= 0.6 is 0 Å². The average molecular weight is 351 g/mol. The molecule has 1 amide bonds. The van der Waals surface area contributed by atoms with Crippen molar-refractivity contribution < 1.29 is 19.6 Å². The zero-order valence-electron chi connectivity index (χ0n) is 13.9. The Morgan fingerprint density at radius 1 is 1.44 bits per heavy atom. The number of amides is 1. The molecule has 1 heterocycles. The molecule has 0 unspecified atom stereocenters. The fourth-order valence-corrected chi connectivity index (χ4v) is 3.21. The zero-order chi connectivity index (χ0) is 18.1. The van der Waals surface area contributed by atoms with E-state index in [-0.39, 0.29) is 35.7 Å². The zero-order valence-corrected chi connectivity index (χ0v) is 13.9. The van der Waals surface area contributed by atoms with Crippen LogP contribution in [0.1, 0.15) is 41.9 Å². The molecule has 1 aromatic heterocycles. The Morgan fingerprint density at radius 2 is 2.12 bits per heavy atom. The van der Waals surface area contributed by atoms with Crippen molar-refractivity contribution in [2.24, 2.45) is 5.92 Å². The number of nitrogens with zero attached hydrogens (tertiary/aromatic N) is 3. The van der Waals surface area contributed by atoms with Gasteiger partial charge in [-0.3, -0.25) is 29.7 Å². The van der Waals surface area contributed by atoms with Crippen LogP contribution in [0.4, 0.5) is 5.69 Å². The van der Waals surface area contributed by atoms with Crippen molar-refractivity contribution in [1.82, 2.24) is 20.4 Å². The number of nitrogens with one attached hydrogen (secondary N) is 2. The SMILES string of the molecule is Cc1[nH]nc(C(=O)NC2CC(N(CC(=O)O)CC3CC3)C2)c1[N+](=O)[O-]. The van der Waals surface area contributed by atoms with Crippen LogP contribution in [0.5, 0.6) is 0 Å². The van der Waals surface area contributed by atoms with Gasteiger partial charge in [0.2, 0.25) is 5.69 Å². The van der Waals surface area contributed by atoms with Crippen LogP contribution in [-0.2, 0) is 4.79 Å². The smallest absolute Gasteiger partial charge is 0.322 e. The van der Waals surface area contributed by atoms with Gasteiger partial charge in [-0.15, -0.1) is 0 Å². The van der Waals surface area contributed by atoms with Gasteiger partial charge in [0.15, 0.2) is 0 Å². The van der Waals surface area contributed by atoms with Gasteiger partial charge in [0.25, 0.3) is 5.91 Å². The number of carbonyl (C=O) groups is 2. The minimum absolute atomic E-state index is 0.00582. The van der Waals surface area contributed by atoms with E-state index >= 15 is 0 Å². The van der Waals surface area contributed by atoms with Gasteiger partial charge in [0.1, 0.15) is 5.69 Å². The van der Waals surface area contributed by atoms with Crippen LogP contribution in [0.3, 0.4) is 0 Å². The molecule has 0 aliphatic heterocycles. The first kappa shape index (κ1) is 17.3. The van der Waals surface area contributed by atoms with Gasteiger partial charge in [-0.25, -0.2) is 0 Å². The number of aromatic amines is 1. The Morgan fingerprint density at radius 3 is 2.68 bits per heavy atom. The van der Waals surface area contributed by atoms with Crippen LogP contribution in [0.15, 0.2) is 0 Å². The summed E-state index contributed by atoms with van der Waals surface area (Å²) in [5, 5.41) is 29.0. The van der Waals surface area contributed by atoms with E-state index in [9.17, 15) is 19.7 Å². The van der Waals surface area contributed by atoms with Gasteiger partial charge in [0.05, 0.1) is 11.5 Å². The highest BCUT2D eigenvalue weighted by Gasteiger charge is 2.39. The summed E-state index contributed by atoms with van der Waals surface area (Å²) in [5.41, 5.74) is -0.292. The summed E-state index contributed by atoms with van der Waals surface area (Å²) in [4.78, 5) is 35.6. The fraction of sp³-hybridized carbons (Fsp3) is 0.667.